The zero-order chi connectivity index (χ0) is 15.8. The van der Waals surface area contributed by atoms with Crippen molar-refractivity contribution in [1.82, 2.24) is 5.32 Å². The lowest BCUT2D eigenvalue weighted by Gasteiger charge is -2.12. The molecule has 0 unspecified atom stereocenters. The maximum atomic E-state index is 11.9. The highest BCUT2D eigenvalue weighted by atomic mass is 16.5. The fourth-order valence-electron chi connectivity index (χ4n) is 1.67. The quantitative estimate of drug-likeness (QED) is 0.574. The van der Waals surface area contributed by atoms with Gasteiger partial charge in [0.1, 0.15) is 6.61 Å². The highest BCUT2D eigenvalue weighted by Gasteiger charge is 2.16. The Bertz CT molecular complexity index is 516. The molecule has 0 saturated carbocycles. The average Bonchev–Trinajstić information content (AvgIpc) is 2.46. The number of nitrogens with two attached hydrogens (primary N) is 1. The number of esters is 1. The Hall–Kier alpha value is -2.44. The first-order valence-electron chi connectivity index (χ1n) is 6.48. The third kappa shape index (κ3) is 4.55. The molecule has 0 aliphatic rings. The average molecular weight is 296 g/mol. The van der Waals surface area contributed by atoms with Gasteiger partial charge >= 0.3 is 5.97 Å². The highest BCUT2D eigenvalue weighted by molar-refractivity contribution is 5.96. The van der Waals surface area contributed by atoms with Crippen LogP contribution in [0.15, 0.2) is 12.1 Å². The molecule has 0 radical (unpaired) electrons. The van der Waals surface area contributed by atoms with Gasteiger partial charge in [0, 0.05) is 18.7 Å². The van der Waals surface area contributed by atoms with Crippen LogP contribution in [0.4, 0.5) is 5.69 Å². The number of carbonyl (C=O) groups excluding carboxylic acids is 2. The molecule has 116 valence electrons. The summed E-state index contributed by atoms with van der Waals surface area (Å²) in [7, 11) is 2.93. The number of nitrogen functional groups attached to an aromatic ring is 1. The lowest BCUT2D eigenvalue weighted by atomic mass is 10.1. The van der Waals surface area contributed by atoms with Gasteiger partial charge in [-0.25, -0.2) is 4.79 Å². The summed E-state index contributed by atoms with van der Waals surface area (Å²) in [5.41, 5.74) is 6.17. The molecule has 3 N–H and O–H groups in total. The first-order chi connectivity index (χ1) is 10.0. The minimum Gasteiger partial charge on any atom is -0.493 e. The van der Waals surface area contributed by atoms with Crippen molar-refractivity contribution in [2.24, 2.45) is 0 Å². The molecular formula is C14H20N2O5. The Kier molecular flexibility index (Phi) is 6.32. The van der Waals surface area contributed by atoms with Crippen LogP contribution in [-0.4, -0.2) is 39.2 Å². The fourth-order valence-corrected chi connectivity index (χ4v) is 1.67. The Morgan fingerprint density at radius 3 is 2.38 bits per heavy atom. The van der Waals surface area contributed by atoms with E-state index in [1.54, 1.807) is 0 Å². The van der Waals surface area contributed by atoms with E-state index in [2.05, 4.69) is 5.32 Å². The molecule has 1 amide bonds. The second-order valence-electron chi connectivity index (χ2n) is 4.13. The molecule has 1 aromatic carbocycles. The number of carbonyl (C=O) groups is 2. The number of benzene rings is 1. The Balaban J connectivity index is 2.72. The van der Waals surface area contributed by atoms with Gasteiger partial charge in [0.2, 0.25) is 5.91 Å². The lowest BCUT2D eigenvalue weighted by Crippen LogP contribution is -2.24. The summed E-state index contributed by atoms with van der Waals surface area (Å²) in [5, 5.41) is 2.61. The molecule has 0 aliphatic carbocycles. The molecule has 0 fully saturated rings. The Morgan fingerprint density at radius 2 is 1.81 bits per heavy atom. The number of hydrogen-bond acceptors (Lipinski definition) is 6. The summed E-state index contributed by atoms with van der Waals surface area (Å²) < 4.78 is 15.2. The van der Waals surface area contributed by atoms with E-state index in [4.69, 9.17) is 19.9 Å². The van der Waals surface area contributed by atoms with Crippen LogP contribution in [0.1, 0.15) is 23.7 Å². The van der Waals surface area contributed by atoms with Crippen LogP contribution >= 0.6 is 0 Å². The predicted molar refractivity (Wildman–Crippen MR) is 77.5 cm³/mol. The molecule has 0 spiro atoms. The van der Waals surface area contributed by atoms with Gasteiger partial charge in [-0.2, -0.15) is 0 Å². The topological polar surface area (TPSA) is 99.9 Å². The standard InChI is InChI=1S/C14H20N2O5/c1-4-16-13(17)5-6-21-14(18)9-7-11(19-2)12(20-3)8-10(9)15/h7-8H,4-6,15H2,1-3H3,(H,16,17). The fraction of sp³-hybridized carbons (Fsp3) is 0.429. The van der Waals surface area contributed by atoms with E-state index in [-0.39, 0.29) is 30.2 Å². The second-order valence-corrected chi connectivity index (χ2v) is 4.13. The van der Waals surface area contributed by atoms with E-state index in [1.165, 1.54) is 26.4 Å². The summed E-state index contributed by atoms with van der Waals surface area (Å²) >= 11 is 0. The van der Waals surface area contributed by atoms with Crippen LogP contribution in [0, 0.1) is 0 Å². The number of amides is 1. The monoisotopic (exact) mass is 296 g/mol. The van der Waals surface area contributed by atoms with Gasteiger partial charge in [0.15, 0.2) is 11.5 Å². The van der Waals surface area contributed by atoms with Gasteiger partial charge in [-0.15, -0.1) is 0 Å². The molecule has 1 rings (SSSR count). The maximum absolute atomic E-state index is 11.9. The molecule has 0 aliphatic heterocycles. The van der Waals surface area contributed by atoms with Crippen LogP contribution in [0.3, 0.4) is 0 Å². The molecular weight excluding hydrogens is 276 g/mol. The number of rotatable bonds is 7. The van der Waals surface area contributed by atoms with Gasteiger partial charge < -0.3 is 25.3 Å². The molecule has 0 aromatic heterocycles. The van der Waals surface area contributed by atoms with E-state index in [0.29, 0.717) is 18.0 Å². The van der Waals surface area contributed by atoms with Gasteiger partial charge in [0.05, 0.1) is 31.9 Å². The maximum Gasteiger partial charge on any atom is 0.340 e. The van der Waals surface area contributed by atoms with Crippen LogP contribution in [0.25, 0.3) is 0 Å². The van der Waals surface area contributed by atoms with E-state index in [9.17, 15) is 9.59 Å². The number of anilines is 1. The minimum absolute atomic E-state index is 0.0154. The van der Waals surface area contributed by atoms with Gasteiger partial charge in [0.25, 0.3) is 0 Å². The van der Waals surface area contributed by atoms with Crippen LogP contribution in [0.2, 0.25) is 0 Å². The number of hydrogen-bond donors (Lipinski definition) is 2. The zero-order valence-electron chi connectivity index (χ0n) is 12.4. The normalized spacial score (nSPS) is 9.86. The number of ether oxygens (including phenoxy) is 3. The molecule has 0 bridgehead atoms. The second kappa shape index (κ2) is 7.98. The van der Waals surface area contributed by atoms with Crippen LogP contribution < -0.4 is 20.5 Å². The van der Waals surface area contributed by atoms with Crippen molar-refractivity contribution in [1.29, 1.82) is 0 Å². The van der Waals surface area contributed by atoms with E-state index >= 15 is 0 Å². The predicted octanol–water partition coefficient (Wildman–Crippen LogP) is 0.969. The van der Waals surface area contributed by atoms with Crippen LogP contribution in [0.5, 0.6) is 11.5 Å². The summed E-state index contributed by atoms with van der Waals surface area (Å²) in [5.74, 6) is 0.0135. The smallest absolute Gasteiger partial charge is 0.340 e. The zero-order valence-corrected chi connectivity index (χ0v) is 12.4. The minimum atomic E-state index is -0.613. The Labute approximate surface area is 123 Å². The van der Waals surface area contributed by atoms with Gasteiger partial charge in [-0.3, -0.25) is 4.79 Å². The SMILES string of the molecule is CCNC(=O)CCOC(=O)c1cc(OC)c(OC)cc1N. The molecule has 0 heterocycles. The molecule has 7 heteroatoms. The molecule has 0 saturated heterocycles. The Morgan fingerprint density at radius 1 is 1.19 bits per heavy atom. The van der Waals surface area contributed by atoms with Crippen molar-refractivity contribution < 1.29 is 23.8 Å². The van der Waals surface area contributed by atoms with Gasteiger partial charge in [-0.05, 0) is 6.92 Å². The third-order valence-electron chi connectivity index (χ3n) is 2.71. The van der Waals surface area contributed by atoms with Crippen LogP contribution in [-0.2, 0) is 9.53 Å². The number of nitrogens with one attached hydrogen (secondary N) is 1. The highest BCUT2D eigenvalue weighted by Crippen LogP contribution is 2.32. The van der Waals surface area contributed by atoms with Crippen molar-refractivity contribution in [3.8, 4) is 11.5 Å². The first-order valence-corrected chi connectivity index (χ1v) is 6.48. The van der Waals surface area contributed by atoms with E-state index in [1.807, 2.05) is 6.92 Å². The summed E-state index contributed by atoms with van der Waals surface area (Å²) in [6, 6.07) is 2.93. The van der Waals surface area contributed by atoms with Crippen molar-refractivity contribution in [2.45, 2.75) is 13.3 Å². The van der Waals surface area contributed by atoms with E-state index in [0.717, 1.165) is 0 Å². The molecule has 7 nitrogen and oxygen atoms in total. The summed E-state index contributed by atoms with van der Waals surface area (Å²) in [6.45, 7) is 2.34. The summed E-state index contributed by atoms with van der Waals surface area (Å²) in [6.07, 6.45) is 0.104. The summed E-state index contributed by atoms with van der Waals surface area (Å²) in [4.78, 5) is 23.2. The molecule has 0 atom stereocenters. The van der Waals surface area contributed by atoms with E-state index < -0.39 is 5.97 Å². The molecule has 21 heavy (non-hydrogen) atoms. The van der Waals surface area contributed by atoms with Crippen molar-refractivity contribution in [3.63, 3.8) is 0 Å². The van der Waals surface area contributed by atoms with Crippen molar-refractivity contribution in [2.75, 3.05) is 33.1 Å². The lowest BCUT2D eigenvalue weighted by molar-refractivity contribution is -0.121. The number of methoxy groups -OCH3 is 2. The van der Waals surface area contributed by atoms with Crippen molar-refractivity contribution >= 4 is 17.6 Å². The van der Waals surface area contributed by atoms with Crippen molar-refractivity contribution in [3.05, 3.63) is 17.7 Å². The largest absolute Gasteiger partial charge is 0.493 e. The molecule has 1 aromatic rings. The van der Waals surface area contributed by atoms with Gasteiger partial charge in [-0.1, -0.05) is 0 Å². The third-order valence-corrected chi connectivity index (χ3v) is 2.71. The first kappa shape index (κ1) is 16.6.